The number of allylic oxidation sites excluding steroid dienone is 4. The third-order valence-corrected chi connectivity index (χ3v) is 11.7. The molecule has 6 unspecified atom stereocenters. The number of aromatic nitrogens is 1. The van der Waals surface area contributed by atoms with Crippen molar-refractivity contribution in [2.24, 2.45) is 28.6 Å². The van der Waals surface area contributed by atoms with Crippen molar-refractivity contribution in [3.63, 3.8) is 0 Å². The van der Waals surface area contributed by atoms with Crippen molar-refractivity contribution in [2.45, 2.75) is 88.2 Å². The van der Waals surface area contributed by atoms with Crippen molar-refractivity contribution in [3.8, 4) is 0 Å². The SMILES string of the molecule is CC(C)(C)c1csc(SCC(=O)[C@@]2(O)CCC3C4CCC5=CC(=O)C=CC5(C)C4C(O)CC32C)n1. The second kappa shape index (κ2) is 8.37. The molecule has 4 aliphatic carbocycles. The number of carbonyl (C=O) groups is 2. The topological polar surface area (TPSA) is 87.5 Å². The lowest BCUT2D eigenvalue weighted by Crippen LogP contribution is -2.61. The van der Waals surface area contributed by atoms with Crippen molar-refractivity contribution in [1.29, 1.82) is 0 Å². The third-order valence-electron chi connectivity index (χ3n) is 9.69. The Morgan fingerprint density at radius 2 is 2.03 bits per heavy atom. The monoisotopic (exact) mass is 515 g/mol. The van der Waals surface area contributed by atoms with Crippen molar-refractivity contribution in [3.05, 3.63) is 34.9 Å². The molecular formula is C28H37NO4S2. The number of nitrogens with zero attached hydrogens (tertiary/aromatic N) is 1. The van der Waals surface area contributed by atoms with E-state index in [1.54, 1.807) is 23.5 Å². The Morgan fingerprint density at radius 3 is 2.71 bits per heavy atom. The van der Waals surface area contributed by atoms with Gasteiger partial charge < -0.3 is 10.2 Å². The molecule has 7 heteroatoms. The van der Waals surface area contributed by atoms with Gasteiger partial charge in [-0.25, -0.2) is 4.98 Å². The number of rotatable bonds is 4. The zero-order chi connectivity index (χ0) is 25.4. The lowest BCUT2D eigenvalue weighted by molar-refractivity contribution is -0.174. The lowest BCUT2D eigenvalue weighted by atomic mass is 9.46. The predicted molar refractivity (Wildman–Crippen MR) is 140 cm³/mol. The van der Waals surface area contributed by atoms with E-state index in [1.165, 1.54) is 11.8 Å². The van der Waals surface area contributed by atoms with Crippen molar-refractivity contribution < 1.29 is 19.8 Å². The van der Waals surface area contributed by atoms with Crippen LogP contribution in [0, 0.1) is 28.6 Å². The highest BCUT2D eigenvalue weighted by molar-refractivity contribution is 8.01. The number of fused-ring (bicyclic) bond motifs is 5. The molecule has 2 N–H and O–H groups in total. The molecule has 0 radical (unpaired) electrons. The summed E-state index contributed by atoms with van der Waals surface area (Å²) in [5.74, 6) is 0.465. The number of hydrogen-bond donors (Lipinski definition) is 2. The van der Waals surface area contributed by atoms with Crippen LogP contribution in [0.5, 0.6) is 0 Å². The zero-order valence-corrected chi connectivity index (χ0v) is 23.0. The van der Waals surface area contributed by atoms with Crippen LogP contribution in [0.25, 0.3) is 0 Å². The summed E-state index contributed by atoms with van der Waals surface area (Å²) in [6, 6.07) is 0. The van der Waals surface area contributed by atoms with Gasteiger partial charge in [0, 0.05) is 27.5 Å². The molecule has 5 rings (SSSR count). The molecule has 0 bridgehead atoms. The Morgan fingerprint density at radius 1 is 1.29 bits per heavy atom. The second-order valence-corrected chi connectivity index (χ2v) is 14.7. The van der Waals surface area contributed by atoms with E-state index in [9.17, 15) is 19.8 Å². The van der Waals surface area contributed by atoms with E-state index >= 15 is 0 Å². The standard InChI is InChI=1S/C28H37NO4S2/c1-25(2,3)21-14-34-24(29-21)35-15-22(32)28(33)11-9-19-18-7-6-16-12-17(30)8-10-26(16,4)23(18)20(31)13-27(19,28)5/h8,10,12,14,18-20,23,31,33H,6-7,9,11,13,15H2,1-5H3/t18?,19?,20?,23?,26?,27?,28-/m0/s1. The van der Waals surface area contributed by atoms with E-state index in [1.807, 2.05) is 18.4 Å². The molecule has 5 nitrogen and oxygen atoms in total. The summed E-state index contributed by atoms with van der Waals surface area (Å²) < 4.78 is 0.855. The highest BCUT2D eigenvalue weighted by atomic mass is 32.2. The van der Waals surface area contributed by atoms with Crippen molar-refractivity contribution in [2.75, 3.05) is 5.75 Å². The Balaban J connectivity index is 1.36. The van der Waals surface area contributed by atoms with E-state index in [2.05, 4.69) is 27.7 Å². The van der Waals surface area contributed by atoms with E-state index in [0.29, 0.717) is 12.8 Å². The van der Waals surface area contributed by atoms with Crippen molar-refractivity contribution >= 4 is 34.7 Å². The van der Waals surface area contributed by atoms with Crippen LogP contribution >= 0.6 is 23.1 Å². The first-order valence-electron chi connectivity index (χ1n) is 12.8. The molecule has 7 atom stereocenters. The average Bonchev–Trinajstić information content (AvgIpc) is 3.36. The first-order valence-corrected chi connectivity index (χ1v) is 14.6. The van der Waals surface area contributed by atoms with E-state index in [-0.39, 0.29) is 45.9 Å². The molecule has 0 amide bonds. The summed E-state index contributed by atoms with van der Waals surface area (Å²) >= 11 is 2.96. The first kappa shape index (κ1) is 25.4. The number of hydrogen-bond acceptors (Lipinski definition) is 7. The minimum Gasteiger partial charge on any atom is -0.393 e. The van der Waals surface area contributed by atoms with Crippen molar-refractivity contribution in [1.82, 2.24) is 4.98 Å². The first-order chi connectivity index (χ1) is 16.3. The van der Waals surface area contributed by atoms with E-state index < -0.39 is 17.1 Å². The smallest absolute Gasteiger partial charge is 0.178 e. The number of carbonyl (C=O) groups excluding carboxylic acids is 2. The Labute approximate surface area is 216 Å². The third kappa shape index (κ3) is 3.84. The number of thiazole rings is 1. The molecule has 0 saturated heterocycles. The fourth-order valence-corrected chi connectivity index (χ4v) is 9.72. The van der Waals surface area contributed by atoms with Gasteiger partial charge in [-0.2, -0.15) is 0 Å². The van der Waals surface area contributed by atoms with Gasteiger partial charge in [0.1, 0.15) is 5.60 Å². The summed E-state index contributed by atoms with van der Waals surface area (Å²) in [4.78, 5) is 30.3. The van der Waals surface area contributed by atoms with Crippen LogP contribution < -0.4 is 0 Å². The molecule has 1 aromatic rings. The summed E-state index contributed by atoms with van der Waals surface area (Å²) in [5.41, 5.74) is -0.332. The van der Waals surface area contributed by atoms with E-state index in [0.717, 1.165) is 34.9 Å². The number of aliphatic hydroxyl groups excluding tert-OH is 1. The maximum absolute atomic E-state index is 13.6. The minimum absolute atomic E-state index is 0.00268. The van der Waals surface area contributed by atoms with E-state index in [4.69, 9.17) is 4.98 Å². The molecule has 0 aliphatic heterocycles. The van der Waals surface area contributed by atoms with Crippen LogP contribution in [0.2, 0.25) is 0 Å². The molecule has 1 heterocycles. The minimum atomic E-state index is -1.43. The molecule has 0 spiro atoms. The van der Waals surface area contributed by atoms with Crippen LogP contribution in [-0.2, 0) is 15.0 Å². The molecule has 190 valence electrons. The normalized spacial score (nSPS) is 40.7. The van der Waals surface area contributed by atoms with Gasteiger partial charge in [-0.1, -0.05) is 58.0 Å². The average molecular weight is 516 g/mol. The number of aliphatic hydroxyl groups is 2. The van der Waals surface area contributed by atoms with Gasteiger partial charge in [-0.3, -0.25) is 9.59 Å². The predicted octanol–water partition coefficient (Wildman–Crippen LogP) is 5.11. The van der Waals surface area contributed by atoms with Gasteiger partial charge in [0.2, 0.25) is 0 Å². The summed E-state index contributed by atoms with van der Waals surface area (Å²) in [6.45, 7) is 10.5. The fraction of sp³-hybridized carbons (Fsp3) is 0.679. The van der Waals surface area contributed by atoms with Crippen LogP contribution in [0.1, 0.15) is 72.4 Å². The second-order valence-electron chi connectivity index (χ2n) is 12.6. The fourth-order valence-electron chi connectivity index (χ4n) is 7.70. The molecular weight excluding hydrogens is 478 g/mol. The highest BCUT2D eigenvalue weighted by Crippen LogP contribution is 2.67. The molecule has 35 heavy (non-hydrogen) atoms. The largest absolute Gasteiger partial charge is 0.393 e. The molecule has 4 aliphatic rings. The summed E-state index contributed by atoms with van der Waals surface area (Å²) in [6.07, 6.45) is 8.12. The number of thioether (sulfide) groups is 1. The molecule has 3 saturated carbocycles. The van der Waals surface area contributed by atoms with Gasteiger partial charge in [0.25, 0.3) is 0 Å². The van der Waals surface area contributed by atoms with Gasteiger partial charge in [-0.15, -0.1) is 11.3 Å². The highest BCUT2D eigenvalue weighted by Gasteiger charge is 2.67. The Kier molecular flexibility index (Phi) is 6.07. The molecule has 3 fully saturated rings. The van der Waals surface area contributed by atoms with Gasteiger partial charge in [0.05, 0.1) is 17.6 Å². The quantitative estimate of drug-likeness (QED) is 0.542. The van der Waals surface area contributed by atoms with Crippen LogP contribution in [0.4, 0.5) is 0 Å². The lowest BCUT2D eigenvalue weighted by Gasteiger charge is -2.59. The molecule has 1 aromatic heterocycles. The van der Waals surface area contributed by atoms with Gasteiger partial charge in [-0.05, 0) is 56.1 Å². The van der Waals surface area contributed by atoms with Gasteiger partial charge in [0.15, 0.2) is 15.9 Å². The molecule has 0 aromatic carbocycles. The van der Waals surface area contributed by atoms with Gasteiger partial charge >= 0.3 is 0 Å². The maximum atomic E-state index is 13.6. The number of ketones is 2. The zero-order valence-electron chi connectivity index (χ0n) is 21.3. The van der Waals surface area contributed by atoms with Crippen LogP contribution in [-0.4, -0.2) is 44.2 Å². The maximum Gasteiger partial charge on any atom is 0.178 e. The van der Waals surface area contributed by atoms with Crippen LogP contribution in [0.3, 0.4) is 0 Å². The summed E-state index contributed by atoms with van der Waals surface area (Å²) in [5, 5.41) is 25.5. The Bertz CT molecular complexity index is 1120. The van der Waals surface area contributed by atoms with Crippen LogP contribution in [0.15, 0.2) is 33.5 Å². The Hall–Kier alpha value is -1.28. The summed E-state index contributed by atoms with van der Waals surface area (Å²) in [7, 11) is 0. The number of Topliss-reactive ketones (excluding diaryl/α,β-unsaturated/α-hetero) is 1.